The van der Waals surface area contributed by atoms with E-state index >= 15 is 0 Å². The SMILES string of the molecule is O=C(Nc1cnc2[nH]ncc2c1)C1NCC12CCCC2. The number of aromatic amines is 1. The van der Waals surface area contributed by atoms with E-state index in [0.717, 1.165) is 36.1 Å². The van der Waals surface area contributed by atoms with Gasteiger partial charge in [-0.15, -0.1) is 0 Å². The Morgan fingerprint density at radius 1 is 1.35 bits per heavy atom. The molecule has 20 heavy (non-hydrogen) atoms. The Morgan fingerprint density at radius 3 is 2.95 bits per heavy atom. The number of hydrogen-bond acceptors (Lipinski definition) is 4. The standard InChI is InChI=1S/C14H17N5O/c20-13(11-14(8-16-11)3-1-2-4-14)18-10-5-9-6-17-19-12(9)15-7-10/h5-7,11,16H,1-4,8H2,(H,18,20)(H,15,17,19). The van der Waals surface area contributed by atoms with E-state index < -0.39 is 0 Å². The number of H-pyrrole nitrogens is 1. The van der Waals surface area contributed by atoms with E-state index in [9.17, 15) is 4.79 Å². The highest BCUT2D eigenvalue weighted by atomic mass is 16.2. The highest BCUT2D eigenvalue weighted by Crippen LogP contribution is 2.45. The summed E-state index contributed by atoms with van der Waals surface area (Å²) >= 11 is 0. The molecule has 4 rings (SSSR count). The summed E-state index contributed by atoms with van der Waals surface area (Å²) in [6.07, 6.45) is 8.19. The van der Waals surface area contributed by atoms with E-state index in [0.29, 0.717) is 0 Å². The lowest BCUT2D eigenvalue weighted by Gasteiger charge is -2.47. The number of hydrogen-bond donors (Lipinski definition) is 3. The molecule has 2 aliphatic rings. The van der Waals surface area contributed by atoms with Crippen molar-refractivity contribution in [3.05, 3.63) is 18.5 Å². The summed E-state index contributed by atoms with van der Waals surface area (Å²) in [5, 5.41) is 13.9. The van der Waals surface area contributed by atoms with Gasteiger partial charge in [0.1, 0.15) is 0 Å². The Labute approximate surface area is 116 Å². The molecule has 3 heterocycles. The maximum Gasteiger partial charge on any atom is 0.242 e. The molecule has 1 amide bonds. The van der Waals surface area contributed by atoms with E-state index in [1.54, 1.807) is 12.4 Å². The number of carbonyl (C=O) groups excluding carboxylic acids is 1. The molecule has 104 valence electrons. The fourth-order valence-corrected chi connectivity index (χ4v) is 3.53. The van der Waals surface area contributed by atoms with Crippen LogP contribution in [-0.4, -0.2) is 33.7 Å². The van der Waals surface area contributed by atoms with E-state index in [4.69, 9.17) is 0 Å². The Hall–Kier alpha value is -1.95. The Balaban J connectivity index is 1.52. The van der Waals surface area contributed by atoms with Crippen molar-refractivity contribution in [1.29, 1.82) is 0 Å². The first-order valence-electron chi connectivity index (χ1n) is 7.10. The number of pyridine rings is 1. The van der Waals surface area contributed by atoms with Crippen LogP contribution in [0.1, 0.15) is 25.7 Å². The predicted octanol–water partition coefficient (Wildman–Crippen LogP) is 1.43. The molecule has 6 nitrogen and oxygen atoms in total. The topological polar surface area (TPSA) is 82.7 Å². The number of nitrogens with one attached hydrogen (secondary N) is 3. The van der Waals surface area contributed by atoms with Gasteiger partial charge in [-0.05, 0) is 18.9 Å². The van der Waals surface area contributed by atoms with Gasteiger partial charge in [-0.1, -0.05) is 12.8 Å². The maximum absolute atomic E-state index is 12.4. The summed E-state index contributed by atoms with van der Waals surface area (Å²) in [6, 6.07) is 1.84. The van der Waals surface area contributed by atoms with E-state index in [1.807, 2.05) is 6.07 Å². The first-order valence-corrected chi connectivity index (χ1v) is 7.10. The summed E-state index contributed by atoms with van der Waals surface area (Å²) in [5.74, 6) is 0.0581. The number of rotatable bonds is 2. The maximum atomic E-state index is 12.4. The molecule has 0 bridgehead atoms. The van der Waals surface area contributed by atoms with Gasteiger partial charge in [0.2, 0.25) is 5.91 Å². The molecular weight excluding hydrogens is 254 g/mol. The van der Waals surface area contributed by atoms with Crippen molar-refractivity contribution < 1.29 is 4.79 Å². The number of carbonyl (C=O) groups is 1. The fourth-order valence-electron chi connectivity index (χ4n) is 3.53. The smallest absolute Gasteiger partial charge is 0.242 e. The number of amides is 1. The van der Waals surface area contributed by atoms with Crippen molar-refractivity contribution in [2.45, 2.75) is 31.7 Å². The van der Waals surface area contributed by atoms with Crippen LogP contribution in [0, 0.1) is 5.41 Å². The largest absolute Gasteiger partial charge is 0.323 e. The van der Waals surface area contributed by atoms with Crippen LogP contribution in [0.4, 0.5) is 5.69 Å². The van der Waals surface area contributed by atoms with Crippen molar-refractivity contribution in [2.75, 3.05) is 11.9 Å². The van der Waals surface area contributed by atoms with Gasteiger partial charge < -0.3 is 10.6 Å². The van der Waals surface area contributed by atoms with Crippen LogP contribution >= 0.6 is 0 Å². The summed E-state index contributed by atoms with van der Waals surface area (Å²) in [7, 11) is 0. The minimum absolute atomic E-state index is 0.0509. The van der Waals surface area contributed by atoms with Gasteiger partial charge in [0.25, 0.3) is 0 Å². The number of aromatic nitrogens is 3. The van der Waals surface area contributed by atoms with E-state index in [2.05, 4.69) is 25.8 Å². The number of anilines is 1. The summed E-state index contributed by atoms with van der Waals surface area (Å²) < 4.78 is 0. The van der Waals surface area contributed by atoms with Crippen LogP contribution in [0.2, 0.25) is 0 Å². The van der Waals surface area contributed by atoms with Crippen molar-refractivity contribution >= 4 is 22.6 Å². The average molecular weight is 271 g/mol. The molecule has 1 saturated heterocycles. The van der Waals surface area contributed by atoms with Crippen molar-refractivity contribution in [3.8, 4) is 0 Å². The molecule has 1 saturated carbocycles. The van der Waals surface area contributed by atoms with Crippen molar-refractivity contribution in [2.24, 2.45) is 5.41 Å². The molecule has 1 aliphatic carbocycles. The van der Waals surface area contributed by atoms with Crippen molar-refractivity contribution in [1.82, 2.24) is 20.5 Å². The van der Waals surface area contributed by atoms with Crippen LogP contribution in [0.15, 0.2) is 18.5 Å². The average Bonchev–Trinajstić information content (AvgIpc) is 3.07. The summed E-state index contributed by atoms with van der Waals surface area (Å²) in [5.41, 5.74) is 1.67. The molecular formula is C14H17N5O. The van der Waals surface area contributed by atoms with Crippen LogP contribution in [0.25, 0.3) is 11.0 Å². The fraction of sp³-hybridized carbons (Fsp3) is 0.500. The molecule has 6 heteroatoms. The predicted molar refractivity (Wildman–Crippen MR) is 75.2 cm³/mol. The monoisotopic (exact) mass is 271 g/mol. The highest BCUT2D eigenvalue weighted by Gasteiger charge is 2.51. The highest BCUT2D eigenvalue weighted by molar-refractivity contribution is 5.97. The third kappa shape index (κ3) is 1.71. The number of nitrogens with zero attached hydrogens (tertiary/aromatic N) is 2. The van der Waals surface area contributed by atoms with Crippen LogP contribution < -0.4 is 10.6 Å². The van der Waals surface area contributed by atoms with Gasteiger partial charge >= 0.3 is 0 Å². The lowest BCUT2D eigenvalue weighted by molar-refractivity contribution is -0.125. The molecule has 0 aromatic carbocycles. The zero-order valence-corrected chi connectivity index (χ0v) is 11.1. The molecule has 1 atom stereocenters. The molecule has 0 radical (unpaired) electrons. The summed E-state index contributed by atoms with van der Waals surface area (Å²) in [6.45, 7) is 0.976. The van der Waals surface area contributed by atoms with Crippen LogP contribution in [0.5, 0.6) is 0 Å². The lowest BCUT2D eigenvalue weighted by Crippen LogP contribution is -2.66. The molecule has 2 fully saturated rings. The van der Waals surface area contributed by atoms with Crippen LogP contribution in [0.3, 0.4) is 0 Å². The minimum atomic E-state index is -0.0509. The summed E-state index contributed by atoms with van der Waals surface area (Å²) in [4.78, 5) is 16.6. The minimum Gasteiger partial charge on any atom is -0.323 e. The van der Waals surface area contributed by atoms with Gasteiger partial charge in [-0.2, -0.15) is 5.10 Å². The third-order valence-corrected chi connectivity index (χ3v) is 4.69. The van der Waals surface area contributed by atoms with E-state index in [1.165, 1.54) is 12.8 Å². The first kappa shape index (κ1) is 11.8. The van der Waals surface area contributed by atoms with Gasteiger partial charge in [0, 0.05) is 17.3 Å². The normalized spacial score (nSPS) is 23.9. The molecule has 3 N–H and O–H groups in total. The molecule has 1 aliphatic heterocycles. The second kappa shape index (κ2) is 4.28. The van der Waals surface area contributed by atoms with Gasteiger partial charge in [0.15, 0.2) is 5.65 Å². The van der Waals surface area contributed by atoms with E-state index in [-0.39, 0.29) is 17.4 Å². The molecule has 1 spiro atoms. The third-order valence-electron chi connectivity index (χ3n) is 4.69. The zero-order chi connectivity index (χ0) is 13.6. The molecule has 2 aromatic rings. The Morgan fingerprint density at radius 2 is 2.20 bits per heavy atom. The quantitative estimate of drug-likeness (QED) is 0.771. The zero-order valence-electron chi connectivity index (χ0n) is 11.1. The van der Waals surface area contributed by atoms with Crippen LogP contribution in [-0.2, 0) is 4.79 Å². The van der Waals surface area contributed by atoms with Gasteiger partial charge in [-0.3, -0.25) is 9.89 Å². The molecule has 2 aromatic heterocycles. The van der Waals surface area contributed by atoms with Gasteiger partial charge in [-0.25, -0.2) is 4.98 Å². The number of fused-ring (bicyclic) bond motifs is 1. The second-order valence-corrected chi connectivity index (χ2v) is 5.90. The second-order valence-electron chi connectivity index (χ2n) is 5.90. The first-order chi connectivity index (χ1) is 9.77. The van der Waals surface area contributed by atoms with Crippen molar-refractivity contribution in [3.63, 3.8) is 0 Å². The molecule has 1 unspecified atom stereocenters. The van der Waals surface area contributed by atoms with Gasteiger partial charge in [0.05, 0.1) is 24.1 Å². The Bertz CT molecular complexity index is 658. The Kier molecular flexibility index (Phi) is 2.53. The lowest BCUT2D eigenvalue weighted by atomic mass is 9.71.